The molecule has 3 aliphatic rings. The largest absolute Gasteiger partial charge is 0.477 e. The lowest BCUT2D eigenvalue weighted by Gasteiger charge is -2.49. The van der Waals surface area contributed by atoms with Gasteiger partial charge >= 0.3 is 5.97 Å². The van der Waals surface area contributed by atoms with Gasteiger partial charge in [-0.05, 0) is 36.3 Å². The molecule has 1 amide bonds. The fourth-order valence-corrected chi connectivity index (χ4v) is 8.18. The number of nitrogens with zero attached hydrogens (tertiary/aromatic N) is 1. The van der Waals surface area contributed by atoms with E-state index < -0.39 is 37.2 Å². The number of sulfone groups is 1. The van der Waals surface area contributed by atoms with Gasteiger partial charge < -0.3 is 5.11 Å². The van der Waals surface area contributed by atoms with Crippen molar-refractivity contribution in [2.45, 2.75) is 34.7 Å². The van der Waals surface area contributed by atoms with Crippen LogP contribution in [0.2, 0.25) is 0 Å². The smallest absolute Gasteiger partial charge is 0.352 e. The Morgan fingerprint density at radius 2 is 1.92 bits per heavy atom. The first-order valence-electron chi connectivity index (χ1n) is 7.95. The van der Waals surface area contributed by atoms with E-state index >= 15 is 0 Å². The summed E-state index contributed by atoms with van der Waals surface area (Å²) in [5.74, 6) is -1.83. The molecule has 1 aromatic carbocycles. The van der Waals surface area contributed by atoms with Crippen LogP contribution in [0.3, 0.4) is 0 Å². The molecule has 1 aliphatic carbocycles. The summed E-state index contributed by atoms with van der Waals surface area (Å²) in [5.41, 5.74) is 1.15. The summed E-state index contributed by atoms with van der Waals surface area (Å²) in [7, 11) is -3.70. The van der Waals surface area contributed by atoms with Crippen molar-refractivity contribution < 1.29 is 23.1 Å². The maximum Gasteiger partial charge on any atom is 0.352 e. The number of aliphatic carboxylic acids is 1. The van der Waals surface area contributed by atoms with Gasteiger partial charge in [0.25, 0.3) is 0 Å². The average molecular weight is 426 g/mol. The number of amides is 1. The molecule has 0 spiro atoms. The van der Waals surface area contributed by atoms with E-state index in [1.54, 1.807) is 0 Å². The summed E-state index contributed by atoms with van der Waals surface area (Å²) < 4.78 is 26.2. The number of halogens is 1. The lowest BCUT2D eigenvalue weighted by atomic mass is 10.00. The van der Waals surface area contributed by atoms with Gasteiger partial charge in [-0.15, -0.1) is 0 Å². The van der Waals surface area contributed by atoms with E-state index in [9.17, 15) is 23.1 Å². The van der Waals surface area contributed by atoms with Crippen molar-refractivity contribution in [1.82, 2.24) is 4.90 Å². The zero-order valence-electron chi connectivity index (χ0n) is 13.3. The Labute approximate surface area is 153 Å². The Morgan fingerprint density at radius 1 is 1.28 bits per heavy atom. The number of hydrogen-bond donors (Lipinski definition) is 1. The van der Waals surface area contributed by atoms with Gasteiger partial charge in [-0.3, -0.25) is 9.69 Å². The molecule has 2 aliphatic heterocycles. The molecule has 2 heterocycles. The van der Waals surface area contributed by atoms with E-state index in [0.29, 0.717) is 6.42 Å². The number of carbonyl (C=O) groups is 2. The average Bonchev–Trinajstić information content (AvgIpc) is 3.33. The number of fused-ring (bicyclic) bond motifs is 1. The van der Waals surface area contributed by atoms with Crippen LogP contribution < -0.4 is 0 Å². The molecular formula is C17H16BrNO5S. The predicted molar refractivity (Wildman–Crippen MR) is 93.7 cm³/mol. The Kier molecular flexibility index (Phi) is 3.63. The van der Waals surface area contributed by atoms with Crippen molar-refractivity contribution in [3.05, 3.63) is 47.2 Å². The van der Waals surface area contributed by atoms with Crippen molar-refractivity contribution in [1.29, 1.82) is 0 Å². The first kappa shape index (κ1) is 16.8. The van der Waals surface area contributed by atoms with E-state index in [-0.39, 0.29) is 23.1 Å². The minimum Gasteiger partial charge on any atom is -0.477 e. The van der Waals surface area contributed by atoms with Crippen LogP contribution >= 0.6 is 15.9 Å². The number of alkyl halides is 1. The van der Waals surface area contributed by atoms with Gasteiger partial charge in [-0.25, -0.2) is 13.2 Å². The third-order valence-electron chi connectivity index (χ3n) is 5.37. The Balaban J connectivity index is 1.78. The monoisotopic (exact) mass is 425 g/mol. The van der Waals surface area contributed by atoms with E-state index in [1.165, 1.54) is 6.92 Å². The standard InChI is InChI=1S/C17H16BrNO5S/c1-8-13(17(21)22)19-15(20)12(18)16(19)25(23,24)14(8)11-7-10(11)9-5-3-2-4-6-9/h2-6,10-12,14,16H,7H2,1H3,(H,21,22)/t10?,11?,12-,14?,16-/m0/s1. The fraction of sp³-hybridized carbons (Fsp3) is 0.412. The molecule has 1 saturated heterocycles. The molecule has 4 rings (SSSR count). The summed E-state index contributed by atoms with van der Waals surface area (Å²) in [5, 5.41) is 7.56. The normalized spacial score (nSPS) is 35.8. The van der Waals surface area contributed by atoms with Crippen molar-refractivity contribution in [3.8, 4) is 0 Å². The van der Waals surface area contributed by atoms with Crippen LogP contribution in [0.25, 0.3) is 0 Å². The number of hydrogen-bond acceptors (Lipinski definition) is 4. The van der Waals surface area contributed by atoms with Gasteiger partial charge in [0, 0.05) is 0 Å². The van der Waals surface area contributed by atoms with Crippen LogP contribution in [0.4, 0.5) is 0 Å². The summed E-state index contributed by atoms with van der Waals surface area (Å²) in [4.78, 5) is 23.8. The molecule has 25 heavy (non-hydrogen) atoms. The van der Waals surface area contributed by atoms with Gasteiger partial charge in [0.15, 0.2) is 15.2 Å². The molecule has 6 nitrogen and oxygen atoms in total. The maximum absolute atomic E-state index is 13.1. The molecule has 2 fully saturated rings. The summed E-state index contributed by atoms with van der Waals surface area (Å²) in [6.45, 7) is 1.52. The maximum atomic E-state index is 13.1. The first-order valence-corrected chi connectivity index (χ1v) is 10.5. The number of rotatable bonds is 3. The molecule has 3 unspecified atom stereocenters. The van der Waals surface area contributed by atoms with Gasteiger partial charge in [0.2, 0.25) is 5.91 Å². The second kappa shape index (κ2) is 5.41. The number of carboxylic acids is 1. The van der Waals surface area contributed by atoms with E-state index in [4.69, 9.17) is 0 Å². The van der Waals surface area contributed by atoms with Gasteiger partial charge in [-0.2, -0.15) is 0 Å². The Hall–Kier alpha value is -1.67. The highest BCUT2D eigenvalue weighted by molar-refractivity contribution is 9.10. The summed E-state index contributed by atoms with van der Waals surface area (Å²) in [6.07, 6.45) is 0.700. The Bertz CT molecular complexity index is 910. The minimum atomic E-state index is -3.70. The number of carbonyl (C=O) groups excluding carboxylic acids is 1. The van der Waals surface area contributed by atoms with E-state index in [0.717, 1.165) is 10.5 Å². The zero-order valence-corrected chi connectivity index (χ0v) is 15.7. The number of benzene rings is 1. The number of β-lactam (4-membered cyclic amide) rings is 1. The van der Waals surface area contributed by atoms with Gasteiger partial charge in [0.05, 0.1) is 5.25 Å². The molecule has 0 bridgehead atoms. The number of carboxylic acid groups (broad SMARTS) is 1. The molecule has 0 aromatic heterocycles. The lowest BCUT2D eigenvalue weighted by molar-refractivity contribution is -0.145. The highest BCUT2D eigenvalue weighted by Crippen LogP contribution is 2.56. The molecule has 0 radical (unpaired) electrons. The highest BCUT2D eigenvalue weighted by Gasteiger charge is 2.65. The van der Waals surface area contributed by atoms with E-state index in [2.05, 4.69) is 15.9 Å². The molecule has 1 N–H and O–H groups in total. The summed E-state index contributed by atoms with van der Waals surface area (Å²) in [6, 6.07) is 9.64. The van der Waals surface area contributed by atoms with Crippen LogP contribution in [0.15, 0.2) is 41.6 Å². The topological polar surface area (TPSA) is 91.8 Å². The summed E-state index contributed by atoms with van der Waals surface area (Å²) >= 11 is 3.11. The van der Waals surface area contributed by atoms with E-state index in [1.807, 2.05) is 30.3 Å². The highest BCUT2D eigenvalue weighted by atomic mass is 79.9. The lowest BCUT2D eigenvalue weighted by Crippen LogP contribution is -2.69. The Morgan fingerprint density at radius 3 is 2.52 bits per heavy atom. The van der Waals surface area contributed by atoms with Crippen molar-refractivity contribution >= 4 is 37.6 Å². The van der Waals surface area contributed by atoms with Crippen LogP contribution in [0, 0.1) is 5.92 Å². The van der Waals surface area contributed by atoms with Gasteiger partial charge in [-0.1, -0.05) is 46.3 Å². The molecule has 8 heteroatoms. The molecule has 1 saturated carbocycles. The fourth-order valence-electron chi connectivity index (χ4n) is 4.17. The predicted octanol–water partition coefficient (Wildman–Crippen LogP) is 1.88. The first-order chi connectivity index (χ1) is 11.8. The third kappa shape index (κ3) is 2.23. The van der Waals surface area contributed by atoms with Gasteiger partial charge in [0.1, 0.15) is 10.5 Å². The van der Waals surface area contributed by atoms with Crippen LogP contribution in [-0.4, -0.2) is 45.8 Å². The van der Waals surface area contributed by atoms with Crippen LogP contribution in [0.5, 0.6) is 0 Å². The molecule has 5 atom stereocenters. The molecular weight excluding hydrogens is 410 g/mol. The molecule has 1 aromatic rings. The molecule has 132 valence electrons. The second-order valence-electron chi connectivity index (χ2n) is 6.76. The van der Waals surface area contributed by atoms with Crippen LogP contribution in [-0.2, 0) is 19.4 Å². The van der Waals surface area contributed by atoms with Crippen molar-refractivity contribution in [2.75, 3.05) is 0 Å². The van der Waals surface area contributed by atoms with Crippen molar-refractivity contribution in [3.63, 3.8) is 0 Å². The SMILES string of the molecule is CC1=C(C(=O)O)N2C(=O)[C@H](Br)[C@@H]2S(=O)(=O)C1C1CC1c1ccccc1. The van der Waals surface area contributed by atoms with Crippen LogP contribution in [0.1, 0.15) is 24.8 Å². The minimum absolute atomic E-state index is 0.0991. The second-order valence-corrected chi connectivity index (χ2v) is 9.92. The quantitative estimate of drug-likeness (QED) is 0.589. The zero-order chi connectivity index (χ0) is 18.1. The third-order valence-corrected chi connectivity index (χ3v) is 9.18. The van der Waals surface area contributed by atoms with Crippen molar-refractivity contribution in [2.24, 2.45) is 5.92 Å².